The van der Waals surface area contributed by atoms with Crippen LogP contribution in [0.3, 0.4) is 0 Å². The molecule has 3 rings (SSSR count). The van der Waals surface area contributed by atoms with Gasteiger partial charge in [0.2, 0.25) is 0 Å². The molecule has 2 aliphatic rings. The summed E-state index contributed by atoms with van der Waals surface area (Å²) in [7, 11) is 0. The van der Waals surface area contributed by atoms with Crippen molar-refractivity contribution >= 4 is 6.03 Å². The van der Waals surface area contributed by atoms with Gasteiger partial charge in [-0.3, -0.25) is 0 Å². The molecular weight excluding hydrogens is 295 g/mol. The zero-order chi connectivity index (χ0) is 16.3. The Hall–Kier alpha value is -1.62. The van der Waals surface area contributed by atoms with Gasteiger partial charge in [0.25, 0.3) is 0 Å². The van der Waals surface area contributed by atoms with E-state index in [-0.39, 0.29) is 23.4 Å². The van der Waals surface area contributed by atoms with E-state index < -0.39 is 0 Å². The van der Waals surface area contributed by atoms with Crippen LogP contribution >= 0.6 is 0 Å². The third kappa shape index (κ3) is 3.83. The van der Waals surface area contributed by atoms with Gasteiger partial charge in [0.15, 0.2) is 0 Å². The summed E-state index contributed by atoms with van der Waals surface area (Å²) in [5.74, 6) is -0.210. The van der Waals surface area contributed by atoms with Crippen LogP contribution in [-0.2, 0) is 10.2 Å². The van der Waals surface area contributed by atoms with Crippen LogP contribution in [0.1, 0.15) is 38.2 Å². The van der Waals surface area contributed by atoms with Crippen LogP contribution in [0.4, 0.5) is 9.18 Å². The van der Waals surface area contributed by atoms with E-state index in [4.69, 9.17) is 4.74 Å². The lowest BCUT2D eigenvalue weighted by Gasteiger charge is -2.32. The Morgan fingerprint density at radius 3 is 2.74 bits per heavy atom. The molecule has 1 N–H and O–H groups in total. The van der Waals surface area contributed by atoms with Gasteiger partial charge in [-0.1, -0.05) is 12.1 Å². The average Bonchev–Trinajstić information content (AvgIpc) is 3.35. The largest absolute Gasteiger partial charge is 0.378 e. The molecule has 0 bridgehead atoms. The van der Waals surface area contributed by atoms with Crippen LogP contribution in [0.25, 0.3) is 0 Å². The fourth-order valence-corrected chi connectivity index (χ4v) is 3.35. The third-order valence-electron chi connectivity index (χ3n) is 5.00. The van der Waals surface area contributed by atoms with Crippen molar-refractivity contribution in [3.63, 3.8) is 0 Å². The van der Waals surface area contributed by atoms with Gasteiger partial charge in [-0.25, -0.2) is 9.18 Å². The molecule has 4 nitrogen and oxygen atoms in total. The van der Waals surface area contributed by atoms with Gasteiger partial charge in [-0.2, -0.15) is 0 Å². The number of piperidine rings is 1. The number of rotatable bonds is 5. The Kier molecular flexibility index (Phi) is 4.85. The first kappa shape index (κ1) is 16.2. The van der Waals surface area contributed by atoms with Gasteiger partial charge < -0.3 is 15.0 Å². The number of halogens is 1. The van der Waals surface area contributed by atoms with Crippen molar-refractivity contribution in [3.8, 4) is 0 Å². The predicted octanol–water partition coefficient (Wildman–Crippen LogP) is 3.07. The minimum absolute atomic E-state index is 0.0115. The van der Waals surface area contributed by atoms with Gasteiger partial charge in [0, 0.05) is 31.7 Å². The Bertz CT molecular complexity index is 552. The summed E-state index contributed by atoms with van der Waals surface area (Å²) in [6.07, 6.45) is 4.09. The lowest BCUT2D eigenvalue weighted by molar-refractivity contribution is 0.0220. The summed E-state index contributed by atoms with van der Waals surface area (Å²) < 4.78 is 19.0. The van der Waals surface area contributed by atoms with Crippen LogP contribution in [0.2, 0.25) is 0 Å². The summed E-state index contributed by atoms with van der Waals surface area (Å²) in [4.78, 5) is 14.2. The maximum Gasteiger partial charge on any atom is 0.317 e. The SMILES string of the molecule is CCOC1CCN(C(=O)NCC2(c3cccc(F)c3)CC2)CC1. The van der Waals surface area contributed by atoms with E-state index >= 15 is 0 Å². The Balaban J connectivity index is 1.50. The van der Waals surface area contributed by atoms with E-state index in [2.05, 4.69) is 5.32 Å². The highest BCUT2D eigenvalue weighted by Crippen LogP contribution is 2.47. The maximum absolute atomic E-state index is 13.4. The number of likely N-dealkylation sites (tertiary alicyclic amines) is 1. The van der Waals surface area contributed by atoms with Crippen LogP contribution in [0, 0.1) is 5.82 Å². The van der Waals surface area contributed by atoms with Crippen LogP contribution < -0.4 is 5.32 Å². The molecular formula is C18H25FN2O2. The molecule has 1 aliphatic carbocycles. The Labute approximate surface area is 137 Å². The van der Waals surface area contributed by atoms with Crippen LogP contribution in [0.15, 0.2) is 24.3 Å². The molecule has 2 fully saturated rings. The number of nitrogens with zero attached hydrogens (tertiary/aromatic N) is 1. The lowest BCUT2D eigenvalue weighted by Crippen LogP contribution is -2.47. The molecule has 1 aromatic rings. The van der Waals surface area contributed by atoms with Gasteiger partial charge >= 0.3 is 6.03 Å². The smallest absolute Gasteiger partial charge is 0.317 e. The molecule has 0 radical (unpaired) electrons. The second kappa shape index (κ2) is 6.87. The van der Waals surface area contributed by atoms with Crippen molar-refractivity contribution in [2.75, 3.05) is 26.2 Å². The van der Waals surface area contributed by atoms with E-state index in [0.29, 0.717) is 6.54 Å². The number of amides is 2. The standard InChI is InChI=1S/C18H25FN2O2/c1-2-23-16-6-10-21(11-7-16)17(22)20-13-18(8-9-18)14-4-3-5-15(19)12-14/h3-5,12,16H,2,6-11,13H2,1H3,(H,20,22). The quantitative estimate of drug-likeness (QED) is 0.906. The normalized spacial score (nSPS) is 20.3. The minimum Gasteiger partial charge on any atom is -0.378 e. The predicted molar refractivity (Wildman–Crippen MR) is 86.9 cm³/mol. The molecule has 1 heterocycles. The van der Waals surface area contributed by atoms with Crippen LogP contribution in [0.5, 0.6) is 0 Å². The highest BCUT2D eigenvalue weighted by Gasteiger charge is 2.44. The first-order valence-corrected chi connectivity index (χ1v) is 8.53. The van der Waals surface area contributed by atoms with Crippen molar-refractivity contribution in [3.05, 3.63) is 35.6 Å². The number of hydrogen-bond donors (Lipinski definition) is 1. The van der Waals surface area contributed by atoms with Crippen molar-refractivity contribution in [1.29, 1.82) is 0 Å². The van der Waals surface area contributed by atoms with Gasteiger partial charge in [-0.15, -0.1) is 0 Å². The highest BCUT2D eigenvalue weighted by molar-refractivity contribution is 5.74. The fourth-order valence-electron chi connectivity index (χ4n) is 3.35. The number of ether oxygens (including phenoxy) is 1. The van der Waals surface area contributed by atoms with E-state index in [9.17, 15) is 9.18 Å². The van der Waals surface area contributed by atoms with E-state index in [1.54, 1.807) is 12.1 Å². The second-order valence-corrected chi connectivity index (χ2v) is 6.59. The van der Waals surface area contributed by atoms with Crippen molar-refractivity contribution in [2.24, 2.45) is 0 Å². The molecule has 126 valence electrons. The first-order chi connectivity index (χ1) is 11.1. The molecule has 2 amide bonds. The van der Waals surface area contributed by atoms with E-state index in [0.717, 1.165) is 50.9 Å². The number of urea groups is 1. The number of hydrogen-bond acceptors (Lipinski definition) is 2. The average molecular weight is 320 g/mol. The van der Waals surface area contributed by atoms with E-state index in [1.165, 1.54) is 6.07 Å². The summed E-state index contributed by atoms with van der Waals surface area (Å²) in [6.45, 7) is 4.79. The molecule has 0 unspecified atom stereocenters. The lowest BCUT2D eigenvalue weighted by atomic mass is 9.96. The number of carbonyl (C=O) groups is 1. The molecule has 5 heteroatoms. The van der Waals surface area contributed by atoms with Crippen molar-refractivity contribution in [2.45, 2.75) is 44.1 Å². The zero-order valence-corrected chi connectivity index (χ0v) is 13.7. The van der Waals surface area contributed by atoms with Crippen molar-refractivity contribution in [1.82, 2.24) is 10.2 Å². The van der Waals surface area contributed by atoms with Gasteiger partial charge in [0.1, 0.15) is 5.82 Å². The van der Waals surface area contributed by atoms with E-state index in [1.807, 2.05) is 17.9 Å². The molecule has 0 spiro atoms. The summed E-state index contributed by atoms with van der Waals surface area (Å²) in [5, 5.41) is 3.04. The van der Waals surface area contributed by atoms with Crippen LogP contribution in [-0.4, -0.2) is 43.3 Å². The minimum atomic E-state index is -0.210. The summed E-state index contributed by atoms with van der Waals surface area (Å²) in [5.41, 5.74) is 0.925. The second-order valence-electron chi connectivity index (χ2n) is 6.59. The number of carbonyl (C=O) groups excluding carboxylic acids is 1. The molecule has 0 atom stereocenters. The number of benzene rings is 1. The monoisotopic (exact) mass is 320 g/mol. The fraction of sp³-hybridized carbons (Fsp3) is 0.611. The maximum atomic E-state index is 13.4. The highest BCUT2D eigenvalue weighted by atomic mass is 19.1. The molecule has 1 saturated heterocycles. The Morgan fingerprint density at radius 1 is 1.39 bits per heavy atom. The van der Waals surface area contributed by atoms with Gasteiger partial charge in [0.05, 0.1) is 6.10 Å². The zero-order valence-electron chi connectivity index (χ0n) is 13.7. The third-order valence-corrected chi connectivity index (χ3v) is 5.00. The topological polar surface area (TPSA) is 41.6 Å². The van der Waals surface area contributed by atoms with Gasteiger partial charge in [-0.05, 0) is 50.3 Å². The van der Waals surface area contributed by atoms with Crippen molar-refractivity contribution < 1.29 is 13.9 Å². The summed E-state index contributed by atoms with van der Waals surface area (Å²) >= 11 is 0. The molecule has 1 aliphatic heterocycles. The summed E-state index contributed by atoms with van der Waals surface area (Å²) in [6, 6.07) is 6.73. The molecule has 0 aromatic heterocycles. The Morgan fingerprint density at radius 2 is 2.13 bits per heavy atom. The molecule has 1 saturated carbocycles. The molecule has 1 aromatic carbocycles. The molecule has 23 heavy (non-hydrogen) atoms. The number of nitrogens with one attached hydrogen (secondary N) is 1. The first-order valence-electron chi connectivity index (χ1n) is 8.53.